The summed E-state index contributed by atoms with van der Waals surface area (Å²) in [7, 11) is 3.31. The zero-order valence-corrected chi connectivity index (χ0v) is 11.7. The minimum Gasteiger partial charge on any atom is -0.468 e. The minimum atomic E-state index is -0.460. The lowest BCUT2D eigenvalue weighted by Crippen LogP contribution is -2.35. The molecule has 1 aliphatic rings. The van der Waals surface area contributed by atoms with Crippen molar-refractivity contribution < 1.29 is 14.3 Å². The number of allylic oxidation sites excluding steroid dienone is 1. The third-order valence-electron chi connectivity index (χ3n) is 2.97. The highest BCUT2D eigenvalue weighted by Gasteiger charge is 2.26. The van der Waals surface area contributed by atoms with Crippen molar-refractivity contribution in [2.24, 2.45) is 0 Å². The summed E-state index contributed by atoms with van der Waals surface area (Å²) < 4.78 is 10.2. The van der Waals surface area contributed by atoms with Gasteiger partial charge in [0.15, 0.2) is 6.79 Å². The van der Waals surface area contributed by atoms with E-state index in [0.717, 1.165) is 17.0 Å². The van der Waals surface area contributed by atoms with Crippen LogP contribution in [0.25, 0.3) is 5.70 Å². The summed E-state index contributed by atoms with van der Waals surface area (Å²) in [4.78, 5) is 13.4. The summed E-state index contributed by atoms with van der Waals surface area (Å²) >= 11 is 5.93. The number of alkyl halides is 1. The molecule has 0 radical (unpaired) electrons. The van der Waals surface area contributed by atoms with Crippen LogP contribution >= 0.6 is 11.6 Å². The summed E-state index contributed by atoms with van der Waals surface area (Å²) in [6.45, 7) is 0.217. The van der Waals surface area contributed by atoms with Crippen molar-refractivity contribution in [1.82, 2.24) is 4.90 Å². The Balaban J connectivity index is 2.16. The highest BCUT2D eigenvalue weighted by atomic mass is 35.5. The van der Waals surface area contributed by atoms with Gasteiger partial charge < -0.3 is 14.4 Å². The Bertz CT molecular complexity index is 484. The molecule has 2 rings (SSSR count). The molecule has 4 nitrogen and oxygen atoms in total. The van der Waals surface area contributed by atoms with Crippen LogP contribution in [-0.4, -0.2) is 37.1 Å². The van der Waals surface area contributed by atoms with Gasteiger partial charge in [-0.15, -0.1) is 11.6 Å². The molecule has 1 aromatic rings. The normalized spacial score (nSPS) is 19.3. The molecule has 5 heteroatoms. The van der Waals surface area contributed by atoms with Gasteiger partial charge in [-0.25, -0.2) is 0 Å². The van der Waals surface area contributed by atoms with Gasteiger partial charge in [0.05, 0.1) is 0 Å². The molecule has 0 aromatic heterocycles. The number of rotatable bonds is 4. The van der Waals surface area contributed by atoms with Gasteiger partial charge in [0.25, 0.3) is 0 Å². The summed E-state index contributed by atoms with van der Waals surface area (Å²) in [5, 5.41) is -0.460. The molecule has 0 aliphatic carbocycles. The Morgan fingerprint density at radius 3 is 2.68 bits per heavy atom. The fourth-order valence-electron chi connectivity index (χ4n) is 1.94. The van der Waals surface area contributed by atoms with Crippen molar-refractivity contribution in [2.75, 3.05) is 21.0 Å². The van der Waals surface area contributed by atoms with Crippen LogP contribution in [0.5, 0.6) is 5.75 Å². The van der Waals surface area contributed by atoms with Crippen LogP contribution in [-0.2, 0) is 9.53 Å². The molecule has 1 aromatic carbocycles. The number of ether oxygens (including phenoxy) is 2. The molecule has 19 heavy (non-hydrogen) atoms. The number of carbonyl (C=O) groups excluding carboxylic acids is 1. The molecular formula is C14H16ClNO3. The lowest BCUT2D eigenvalue weighted by atomic mass is 10.0. The predicted octanol–water partition coefficient (Wildman–Crippen LogP) is 2.48. The molecule has 0 bridgehead atoms. The fourth-order valence-corrected chi connectivity index (χ4v) is 2.18. The van der Waals surface area contributed by atoms with E-state index in [1.165, 1.54) is 0 Å². The number of hydrogen-bond acceptors (Lipinski definition) is 3. The van der Waals surface area contributed by atoms with Crippen molar-refractivity contribution in [2.45, 2.75) is 11.8 Å². The maximum absolute atomic E-state index is 11.8. The highest BCUT2D eigenvalue weighted by Crippen LogP contribution is 2.27. The first-order valence-electron chi connectivity index (χ1n) is 5.97. The smallest absolute Gasteiger partial charge is 0.245 e. The van der Waals surface area contributed by atoms with E-state index in [2.05, 4.69) is 0 Å². The van der Waals surface area contributed by atoms with Crippen molar-refractivity contribution in [3.05, 3.63) is 35.9 Å². The highest BCUT2D eigenvalue weighted by molar-refractivity contribution is 6.31. The van der Waals surface area contributed by atoms with Crippen LogP contribution < -0.4 is 4.74 Å². The third-order valence-corrected chi connectivity index (χ3v) is 3.34. The van der Waals surface area contributed by atoms with Crippen molar-refractivity contribution in [3.63, 3.8) is 0 Å². The number of benzene rings is 1. The molecular weight excluding hydrogens is 266 g/mol. The molecule has 0 saturated carbocycles. The Hall–Kier alpha value is -1.52. The number of methoxy groups -OCH3 is 1. The number of nitrogens with zero attached hydrogens (tertiary/aromatic N) is 1. The van der Waals surface area contributed by atoms with E-state index in [1.54, 1.807) is 19.1 Å². The second-order valence-electron chi connectivity index (χ2n) is 4.27. The first kappa shape index (κ1) is 13.9. The Kier molecular flexibility index (Phi) is 4.45. The number of halogens is 1. The van der Waals surface area contributed by atoms with Crippen molar-refractivity contribution >= 4 is 23.2 Å². The van der Waals surface area contributed by atoms with Crippen LogP contribution in [0.15, 0.2) is 30.3 Å². The monoisotopic (exact) mass is 281 g/mol. The van der Waals surface area contributed by atoms with Crippen LogP contribution in [0.1, 0.15) is 12.0 Å². The lowest BCUT2D eigenvalue weighted by molar-refractivity contribution is -0.126. The largest absolute Gasteiger partial charge is 0.468 e. The first-order valence-corrected chi connectivity index (χ1v) is 6.41. The van der Waals surface area contributed by atoms with E-state index in [-0.39, 0.29) is 12.7 Å². The molecule has 1 atom stereocenters. The zero-order chi connectivity index (χ0) is 13.8. The van der Waals surface area contributed by atoms with Crippen LogP contribution in [0, 0.1) is 0 Å². The van der Waals surface area contributed by atoms with Gasteiger partial charge >= 0.3 is 0 Å². The number of carbonyl (C=O) groups is 1. The molecule has 1 unspecified atom stereocenters. The Morgan fingerprint density at radius 1 is 1.37 bits per heavy atom. The SMILES string of the molecule is COCOc1ccc(C2=CCC(Cl)C(=O)N2C)cc1. The molecule has 0 N–H and O–H groups in total. The Labute approximate surface area is 117 Å². The molecule has 1 heterocycles. The maximum Gasteiger partial charge on any atom is 0.245 e. The summed E-state index contributed by atoms with van der Waals surface area (Å²) in [6.07, 6.45) is 2.53. The van der Waals surface area contributed by atoms with Crippen LogP contribution in [0.2, 0.25) is 0 Å². The van der Waals surface area contributed by atoms with E-state index in [4.69, 9.17) is 21.1 Å². The van der Waals surface area contributed by atoms with Crippen LogP contribution in [0.4, 0.5) is 0 Å². The molecule has 1 aliphatic heterocycles. The fraction of sp³-hybridized carbons (Fsp3) is 0.357. The Morgan fingerprint density at radius 2 is 2.05 bits per heavy atom. The topological polar surface area (TPSA) is 38.8 Å². The van der Waals surface area contributed by atoms with E-state index in [0.29, 0.717) is 6.42 Å². The first-order chi connectivity index (χ1) is 9.13. The zero-order valence-electron chi connectivity index (χ0n) is 10.9. The van der Waals surface area contributed by atoms with Crippen LogP contribution in [0.3, 0.4) is 0 Å². The van der Waals surface area contributed by atoms with Gasteiger partial charge in [0.2, 0.25) is 5.91 Å². The molecule has 0 fully saturated rings. The van der Waals surface area contributed by atoms with Gasteiger partial charge in [0.1, 0.15) is 11.1 Å². The lowest BCUT2D eigenvalue weighted by Gasteiger charge is -2.27. The van der Waals surface area contributed by atoms with E-state index in [9.17, 15) is 4.79 Å². The number of amides is 1. The molecule has 0 spiro atoms. The number of hydrogen-bond donors (Lipinski definition) is 0. The van der Waals surface area contributed by atoms with E-state index < -0.39 is 5.38 Å². The molecule has 1 amide bonds. The summed E-state index contributed by atoms with van der Waals surface area (Å²) in [5.74, 6) is 0.657. The third kappa shape index (κ3) is 3.08. The second kappa shape index (κ2) is 6.08. The maximum atomic E-state index is 11.8. The quantitative estimate of drug-likeness (QED) is 0.629. The van der Waals surface area contributed by atoms with Crippen molar-refractivity contribution in [1.29, 1.82) is 0 Å². The summed E-state index contributed by atoms with van der Waals surface area (Å²) in [5.41, 5.74) is 1.84. The second-order valence-corrected chi connectivity index (χ2v) is 4.79. The average Bonchev–Trinajstić information content (AvgIpc) is 2.44. The molecule has 0 saturated heterocycles. The van der Waals surface area contributed by atoms with Gasteiger partial charge in [0, 0.05) is 19.9 Å². The van der Waals surface area contributed by atoms with Gasteiger partial charge in [-0.2, -0.15) is 0 Å². The van der Waals surface area contributed by atoms with Gasteiger partial charge in [-0.1, -0.05) is 6.08 Å². The van der Waals surface area contributed by atoms with Gasteiger partial charge in [-0.3, -0.25) is 4.79 Å². The van der Waals surface area contributed by atoms with E-state index >= 15 is 0 Å². The van der Waals surface area contributed by atoms with Crippen molar-refractivity contribution in [3.8, 4) is 5.75 Å². The standard InChI is InChI=1S/C14H16ClNO3/c1-16-13(8-7-12(15)14(16)17)10-3-5-11(6-4-10)19-9-18-2/h3-6,8,12H,7,9H2,1-2H3. The minimum absolute atomic E-state index is 0.0705. The summed E-state index contributed by atoms with van der Waals surface area (Å²) in [6, 6.07) is 7.52. The predicted molar refractivity (Wildman–Crippen MR) is 74.0 cm³/mol. The molecule has 102 valence electrons. The van der Waals surface area contributed by atoms with E-state index in [1.807, 2.05) is 30.3 Å². The average molecular weight is 282 g/mol. The van der Waals surface area contributed by atoms with Gasteiger partial charge in [-0.05, 0) is 36.2 Å².